The lowest BCUT2D eigenvalue weighted by molar-refractivity contribution is -0.143. The Labute approximate surface area is 182 Å². The molecule has 3 rings (SSSR count). The Morgan fingerprint density at radius 1 is 1.27 bits per heavy atom. The first-order valence-corrected chi connectivity index (χ1v) is 11.1. The lowest BCUT2D eigenvalue weighted by atomic mass is 9.87. The van der Waals surface area contributed by atoms with Crippen molar-refractivity contribution in [3.8, 4) is 0 Å². The minimum Gasteiger partial charge on any atom is -0.466 e. The summed E-state index contributed by atoms with van der Waals surface area (Å²) in [5, 5.41) is 10.7. The molecular formula is C22H21ClFNO4S. The second-order valence-electron chi connectivity index (χ2n) is 6.71. The molecule has 0 fully saturated rings. The molecule has 30 heavy (non-hydrogen) atoms. The average molecular weight is 450 g/mol. The number of esters is 1. The number of carboxylic acid groups (broad SMARTS) is 1. The Balaban J connectivity index is 2.26. The van der Waals surface area contributed by atoms with Crippen LogP contribution in [0.15, 0.2) is 42.6 Å². The molecule has 0 bridgehead atoms. The third-order valence-electron chi connectivity index (χ3n) is 4.84. The number of benzene rings is 2. The molecule has 1 atom stereocenters. The number of carbonyl (C=O) groups is 2. The zero-order chi connectivity index (χ0) is 21.8. The molecule has 0 aliphatic carbocycles. The summed E-state index contributed by atoms with van der Waals surface area (Å²) in [6.07, 6.45) is 2.12. The Kier molecular flexibility index (Phi) is 7.05. The SMILES string of the molecule is CCOC(=O)CC(c1ccc(Cl)cc1F)c1cn(C(=O)O)c2c(CSC)cccc12. The first-order valence-electron chi connectivity index (χ1n) is 9.33. The van der Waals surface area contributed by atoms with E-state index in [4.69, 9.17) is 16.3 Å². The van der Waals surface area contributed by atoms with Crippen LogP contribution < -0.4 is 0 Å². The Morgan fingerprint density at radius 3 is 2.67 bits per heavy atom. The third-order valence-corrected chi connectivity index (χ3v) is 5.67. The van der Waals surface area contributed by atoms with Gasteiger partial charge in [-0.25, -0.2) is 9.18 Å². The van der Waals surface area contributed by atoms with Gasteiger partial charge in [-0.2, -0.15) is 11.8 Å². The molecule has 0 aliphatic heterocycles. The van der Waals surface area contributed by atoms with E-state index in [0.29, 0.717) is 22.2 Å². The van der Waals surface area contributed by atoms with E-state index in [-0.39, 0.29) is 23.6 Å². The van der Waals surface area contributed by atoms with Crippen molar-refractivity contribution in [3.05, 3.63) is 70.1 Å². The summed E-state index contributed by atoms with van der Waals surface area (Å²) in [6.45, 7) is 1.89. The van der Waals surface area contributed by atoms with Gasteiger partial charge in [0.25, 0.3) is 0 Å². The van der Waals surface area contributed by atoms with E-state index < -0.39 is 23.8 Å². The number of nitrogens with zero attached hydrogens (tertiary/aromatic N) is 1. The van der Waals surface area contributed by atoms with Gasteiger partial charge in [0, 0.05) is 28.3 Å². The first kappa shape index (κ1) is 22.2. The fraction of sp³-hybridized carbons (Fsp3) is 0.273. The second kappa shape index (κ2) is 9.53. The number of rotatable bonds is 7. The molecule has 158 valence electrons. The van der Waals surface area contributed by atoms with Crippen LogP contribution in [0.5, 0.6) is 0 Å². The minimum absolute atomic E-state index is 0.127. The molecule has 2 aromatic carbocycles. The monoisotopic (exact) mass is 449 g/mol. The van der Waals surface area contributed by atoms with Crippen molar-refractivity contribution in [2.75, 3.05) is 12.9 Å². The zero-order valence-electron chi connectivity index (χ0n) is 16.5. The fourth-order valence-electron chi connectivity index (χ4n) is 3.64. The summed E-state index contributed by atoms with van der Waals surface area (Å²) in [4.78, 5) is 24.3. The van der Waals surface area contributed by atoms with Gasteiger partial charge in [-0.15, -0.1) is 0 Å². The maximum Gasteiger partial charge on any atom is 0.416 e. The molecule has 0 saturated heterocycles. The molecule has 1 aromatic heterocycles. The number of fused-ring (bicyclic) bond motifs is 1. The zero-order valence-corrected chi connectivity index (χ0v) is 18.1. The van der Waals surface area contributed by atoms with Gasteiger partial charge in [-0.3, -0.25) is 9.36 Å². The van der Waals surface area contributed by atoms with E-state index >= 15 is 0 Å². The van der Waals surface area contributed by atoms with Crippen LogP contribution >= 0.6 is 23.4 Å². The average Bonchev–Trinajstić information content (AvgIpc) is 3.08. The summed E-state index contributed by atoms with van der Waals surface area (Å²) in [5.41, 5.74) is 2.19. The van der Waals surface area contributed by atoms with Gasteiger partial charge in [0.2, 0.25) is 0 Å². The number of thioether (sulfide) groups is 1. The van der Waals surface area contributed by atoms with E-state index in [2.05, 4.69) is 0 Å². The van der Waals surface area contributed by atoms with E-state index in [1.54, 1.807) is 30.8 Å². The van der Waals surface area contributed by atoms with Gasteiger partial charge in [-0.1, -0.05) is 35.9 Å². The molecule has 8 heteroatoms. The van der Waals surface area contributed by atoms with Gasteiger partial charge in [0.05, 0.1) is 18.5 Å². The summed E-state index contributed by atoms with van der Waals surface area (Å²) < 4.78 is 21.1. The summed E-state index contributed by atoms with van der Waals surface area (Å²) in [5.74, 6) is -1.16. The van der Waals surface area contributed by atoms with E-state index in [9.17, 15) is 19.1 Å². The van der Waals surface area contributed by atoms with Crippen LogP contribution in [0, 0.1) is 5.82 Å². The Hall–Kier alpha value is -2.51. The lowest BCUT2D eigenvalue weighted by Crippen LogP contribution is -2.13. The quantitative estimate of drug-likeness (QED) is 0.454. The molecule has 1 N–H and O–H groups in total. The predicted octanol–water partition coefficient (Wildman–Crippen LogP) is 5.91. The topological polar surface area (TPSA) is 68.5 Å². The highest BCUT2D eigenvalue weighted by atomic mass is 35.5. The molecule has 0 amide bonds. The van der Waals surface area contributed by atoms with E-state index in [0.717, 1.165) is 10.1 Å². The standard InChI is InChI=1S/C22H21ClFNO4S/c1-3-29-20(26)10-17(15-8-7-14(23)9-19(15)24)18-11-25(22(27)28)21-13(12-30-2)5-4-6-16(18)21/h4-9,11,17H,3,10,12H2,1-2H3,(H,27,28). The minimum atomic E-state index is -1.15. The molecular weight excluding hydrogens is 429 g/mol. The molecule has 0 aliphatic rings. The smallest absolute Gasteiger partial charge is 0.416 e. The van der Waals surface area contributed by atoms with Crippen LogP contribution in [0.4, 0.5) is 9.18 Å². The highest BCUT2D eigenvalue weighted by Crippen LogP contribution is 2.38. The van der Waals surface area contributed by atoms with Crippen LogP contribution in [0.2, 0.25) is 5.02 Å². The van der Waals surface area contributed by atoms with Gasteiger partial charge in [0.15, 0.2) is 0 Å². The maximum atomic E-state index is 14.8. The van der Waals surface area contributed by atoms with Crippen molar-refractivity contribution in [1.29, 1.82) is 0 Å². The van der Waals surface area contributed by atoms with E-state index in [1.165, 1.54) is 18.3 Å². The number of aromatic nitrogens is 1. The van der Waals surface area contributed by atoms with Gasteiger partial charge in [-0.05, 0) is 42.0 Å². The van der Waals surface area contributed by atoms with Crippen LogP contribution in [0.1, 0.15) is 36.0 Å². The van der Waals surface area contributed by atoms with Crippen molar-refractivity contribution in [2.24, 2.45) is 0 Å². The molecule has 5 nitrogen and oxygen atoms in total. The van der Waals surface area contributed by atoms with Crippen LogP contribution in [-0.2, 0) is 15.3 Å². The van der Waals surface area contributed by atoms with Gasteiger partial charge >= 0.3 is 12.1 Å². The van der Waals surface area contributed by atoms with Crippen molar-refractivity contribution < 1.29 is 23.8 Å². The largest absolute Gasteiger partial charge is 0.466 e. The predicted molar refractivity (Wildman–Crippen MR) is 117 cm³/mol. The molecule has 1 heterocycles. The third kappa shape index (κ3) is 4.47. The fourth-order valence-corrected chi connectivity index (χ4v) is 4.34. The molecule has 0 radical (unpaired) electrons. The summed E-state index contributed by atoms with van der Waals surface area (Å²) in [6, 6.07) is 9.75. The number of hydrogen-bond acceptors (Lipinski definition) is 4. The van der Waals surface area contributed by atoms with Crippen molar-refractivity contribution in [2.45, 2.75) is 25.0 Å². The number of halogens is 2. The molecule has 1 unspecified atom stereocenters. The molecule has 0 spiro atoms. The van der Waals surface area contributed by atoms with Crippen LogP contribution in [0.25, 0.3) is 10.9 Å². The van der Waals surface area contributed by atoms with Gasteiger partial charge < -0.3 is 9.84 Å². The number of carbonyl (C=O) groups excluding carboxylic acids is 1. The number of ether oxygens (including phenoxy) is 1. The highest BCUT2D eigenvalue weighted by Gasteiger charge is 2.27. The maximum absolute atomic E-state index is 14.8. The van der Waals surface area contributed by atoms with Crippen molar-refractivity contribution in [3.63, 3.8) is 0 Å². The molecule has 0 saturated carbocycles. The van der Waals surface area contributed by atoms with Crippen LogP contribution in [0.3, 0.4) is 0 Å². The highest BCUT2D eigenvalue weighted by molar-refractivity contribution is 7.97. The van der Waals surface area contributed by atoms with Crippen molar-refractivity contribution in [1.82, 2.24) is 4.57 Å². The molecule has 3 aromatic rings. The first-order chi connectivity index (χ1) is 14.4. The van der Waals surface area contributed by atoms with Crippen LogP contribution in [-0.4, -0.2) is 34.6 Å². The van der Waals surface area contributed by atoms with E-state index in [1.807, 2.05) is 18.4 Å². The van der Waals surface area contributed by atoms with Gasteiger partial charge in [0.1, 0.15) is 5.82 Å². The number of para-hydroxylation sites is 1. The second-order valence-corrected chi connectivity index (χ2v) is 8.01. The summed E-state index contributed by atoms with van der Waals surface area (Å²) >= 11 is 7.47. The number of hydrogen-bond donors (Lipinski definition) is 1. The normalized spacial score (nSPS) is 12.1. The summed E-state index contributed by atoms with van der Waals surface area (Å²) in [7, 11) is 0. The Bertz CT molecular complexity index is 1100. The van der Waals surface area contributed by atoms with Crippen molar-refractivity contribution >= 4 is 46.3 Å². The Morgan fingerprint density at radius 2 is 2.03 bits per heavy atom. The lowest BCUT2D eigenvalue weighted by Gasteiger charge is -2.17.